The largest absolute Gasteiger partial charge is 0.309 e. The van der Waals surface area contributed by atoms with Crippen molar-refractivity contribution in [2.75, 3.05) is 0 Å². The molecular weight excluding hydrogens is 1000 g/mol. The summed E-state index contributed by atoms with van der Waals surface area (Å²) in [7, 11) is 0. The Labute approximate surface area is 482 Å². The van der Waals surface area contributed by atoms with Crippen LogP contribution in [-0.4, -0.2) is 9.13 Å². The predicted octanol–water partition coefficient (Wildman–Crippen LogP) is 21.1. The van der Waals surface area contributed by atoms with E-state index in [0.717, 1.165) is 12.8 Å². The minimum atomic E-state index is -0.206. The van der Waals surface area contributed by atoms with Crippen LogP contribution in [0.5, 0.6) is 0 Å². The van der Waals surface area contributed by atoms with Gasteiger partial charge in [-0.2, -0.15) is 0 Å². The summed E-state index contributed by atoms with van der Waals surface area (Å²) < 4.78 is 4.86. The van der Waals surface area contributed by atoms with Gasteiger partial charge in [-0.1, -0.05) is 243 Å². The van der Waals surface area contributed by atoms with Gasteiger partial charge >= 0.3 is 0 Å². The molecule has 0 saturated heterocycles. The zero-order valence-corrected chi connectivity index (χ0v) is 45.7. The number of aryl methyl sites for hydroxylation is 1. The van der Waals surface area contributed by atoms with Crippen molar-refractivity contribution in [3.63, 3.8) is 0 Å². The molecule has 13 aromatic carbocycles. The molecular formula is C81H54N2. The number of aromatic nitrogens is 2. The van der Waals surface area contributed by atoms with Gasteiger partial charge in [-0.15, -0.1) is 0 Å². The molecule has 0 radical (unpaired) electrons. The van der Waals surface area contributed by atoms with Gasteiger partial charge in [0, 0.05) is 37.7 Å². The van der Waals surface area contributed by atoms with Crippen LogP contribution < -0.4 is 0 Å². The average molecular weight is 1060 g/mol. The van der Waals surface area contributed by atoms with Crippen molar-refractivity contribution in [3.05, 3.63) is 324 Å². The highest BCUT2D eigenvalue weighted by Gasteiger charge is 2.48. The maximum Gasteiger partial charge on any atom is 0.0541 e. The molecule has 2 aliphatic carbocycles. The van der Waals surface area contributed by atoms with Crippen LogP contribution in [0.3, 0.4) is 0 Å². The molecule has 2 heterocycles. The van der Waals surface area contributed by atoms with Crippen molar-refractivity contribution >= 4 is 89.5 Å². The molecule has 0 aliphatic heterocycles. The molecule has 388 valence electrons. The van der Waals surface area contributed by atoms with Crippen LogP contribution >= 0.6 is 0 Å². The SMILES string of the molecule is C(=Cc1ccc2c(c1)C1(CCc3ccccc31)c1cc(C=Cc3ccc(-c4ccc5c(c4)c4ccccc4n5-c4cccc5ccccc45)cc3)ccc1-2)c1ccc(-c2ccc3c(c2)c2ccccc2n3-c2cccc3ccccc23)cc1. The molecule has 0 bridgehead atoms. The van der Waals surface area contributed by atoms with E-state index in [0.29, 0.717) is 0 Å². The summed E-state index contributed by atoms with van der Waals surface area (Å²) >= 11 is 0. The Morgan fingerprint density at radius 3 is 1.19 bits per heavy atom. The van der Waals surface area contributed by atoms with Crippen LogP contribution in [0.25, 0.3) is 134 Å². The van der Waals surface area contributed by atoms with E-state index in [2.05, 4.69) is 312 Å². The molecule has 0 N–H and O–H groups in total. The predicted molar refractivity (Wildman–Crippen MR) is 352 cm³/mol. The first kappa shape index (κ1) is 47.3. The minimum absolute atomic E-state index is 0.206. The smallest absolute Gasteiger partial charge is 0.0541 e. The third-order valence-corrected chi connectivity index (χ3v) is 18.3. The zero-order valence-electron chi connectivity index (χ0n) is 45.7. The maximum atomic E-state index is 2.48. The van der Waals surface area contributed by atoms with Crippen LogP contribution in [0.2, 0.25) is 0 Å². The molecule has 83 heavy (non-hydrogen) atoms. The fourth-order valence-electron chi connectivity index (χ4n) is 14.4. The van der Waals surface area contributed by atoms with Gasteiger partial charge in [-0.25, -0.2) is 0 Å². The molecule has 17 rings (SSSR count). The van der Waals surface area contributed by atoms with Gasteiger partial charge in [0.25, 0.3) is 0 Å². The van der Waals surface area contributed by atoms with E-state index in [9.17, 15) is 0 Å². The third-order valence-electron chi connectivity index (χ3n) is 18.3. The Balaban J connectivity index is 0.647. The monoisotopic (exact) mass is 1050 g/mol. The summed E-state index contributed by atoms with van der Waals surface area (Å²) in [6.07, 6.45) is 11.2. The number of hydrogen-bond donors (Lipinski definition) is 0. The van der Waals surface area contributed by atoms with Crippen LogP contribution in [0.4, 0.5) is 0 Å². The van der Waals surface area contributed by atoms with Crippen LogP contribution in [0, 0.1) is 0 Å². The van der Waals surface area contributed by atoms with E-state index < -0.39 is 0 Å². The summed E-state index contributed by atoms with van der Waals surface area (Å²) in [5, 5.41) is 10.0. The number of nitrogens with zero attached hydrogens (tertiary/aromatic N) is 2. The molecule has 0 atom stereocenters. The standard InChI is InChI=1S/C81H54N2/c1-4-18-64-59(13-1)16-11-25-75(64)82-77-23-9-6-20-68(77)70-51-62(41-45-79(70)82)57-37-31-53(32-38-57)27-29-55-35-43-66-67-44-36-56(50-74(67)81(73(66)49-55)48-47-61-15-3-8-22-72(61)81)30-28-54-33-39-58(40-34-54)63-42-46-80-71(52-63)69-21-7-10-24-78(69)83(80)76-26-12-17-60-14-2-5-19-65(60)76/h1-46,49-52H,47-48H2. The average Bonchev–Trinajstić information content (AvgIpc) is 3.53. The molecule has 2 aliphatic rings. The summed E-state index contributed by atoms with van der Waals surface area (Å²) in [6.45, 7) is 0. The lowest BCUT2D eigenvalue weighted by Crippen LogP contribution is -2.23. The number of para-hydroxylation sites is 2. The van der Waals surface area contributed by atoms with E-state index in [1.807, 2.05) is 0 Å². The summed E-state index contributed by atoms with van der Waals surface area (Å²) in [6, 6.07) is 104. The molecule has 0 amide bonds. The van der Waals surface area contributed by atoms with Crippen molar-refractivity contribution in [3.8, 4) is 44.8 Å². The van der Waals surface area contributed by atoms with E-state index >= 15 is 0 Å². The Kier molecular flexibility index (Phi) is 10.7. The Morgan fingerprint density at radius 1 is 0.277 bits per heavy atom. The molecule has 0 saturated carbocycles. The van der Waals surface area contributed by atoms with Crippen molar-refractivity contribution in [1.29, 1.82) is 0 Å². The number of rotatable bonds is 8. The van der Waals surface area contributed by atoms with E-state index in [-0.39, 0.29) is 5.41 Å². The molecule has 15 aromatic rings. The van der Waals surface area contributed by atoms with E-state index in [4.69, 9.17) is 0 Å². The highest BCUT2D eigenvalue weighted by atomic mass is 15.0. The van der Waals surface area contributed by atoms with Crippen molar-refractivity contribution in [2.45, 2.75) is 18.3 Å². The van der Waals surface area contributed by atoms with Crippen LogP contribution in [-0.2, 0) is 11.8 Å². The second-order valence-corrected chi connectivity index (χ2v) is 22.7. The quantitative estimate of drug-likeness (QED) is 0.134. The lowest BCUT2D eigenvalue weighted by atomic mass is 9.73. The van der Waals surface area contributed by atoms with Crippen molar-refractivity contribution < 1.29 is 0 Å². The van der Waals surface area contributed by atoms with Gasteiger partial charge in [0.1, 0.15) is 0 Å². The lowest BCUT2D eigenvalue weighted by molar-refractivity contribution is 0.626. The summed E-state index contributed by atoms with van der Waals surface area (Å²) in [4.78, 5) is 0. The normalized spacial score (nSPS) is 14.6. The van der Waals surface area contributed by atoms with Gasteiger partial charge in [0.2, 0.25) is 0 Å². The van der Waals surface area contributed by atoms with Crippen molar-refractivity contribution in [2.24, 2.45) is 0 Å². The Morgan fingerprint density at radius 2 is 0.675 bits per heavy atom. The molecule has 0 unspecified atom stereocenters. The molecule has 2 nitrogen and oxygen atoms in total. The first-order chi connectivity index (χ1) is 41.1. The maximum absolute atomic E-state index is 2.48. The summed E-state index contributed by atoms with van der Waals surface area (Å²) in [5.41, 5.74) is 25.1. The fraction of sp³-hybridized carbons (Fsp3) is 0.0370. The highest BCUT2D eigenvalue weighted by molar-refractivity contribution is 6.13. The number of hydrogen-bond acceptors (Lipinski definition) is 0. The van der Waals surface area contributed by atoms with Crippen LogP contribution in [0.15, 0.2) is 279 Å². The lowest BCUT2D eigenvalue weighted by Gasteiger charge is -2.29. The fourth-order valence-corrected chi connectivity index (χ4v) is 14.4. The van der Waals surface area contributed by atoms with Gasteiger partial charge in [0.15, 0.2) is 0 Å². The van der Waals surface area contributed by atoms with Gasteiger partial charge in [0.05, 0.1) is 33.4 Å². The zero-order chi connectivity index (χ0) is 54.6. The Bertz CT molecular complexity index is 4880. The van der Waals surface area contributed by atoms with E-state index in [1.165, 1.54) is 154 Å². The first-order valence-electron chi connectivity index (χ1n) is 29.1. The third kappa shape index (κ3) is 7.50. The van der Waals surface area contributed by atoms with Gasteiger partial charge < -0.3 is 9.13 Å². The topological polar surface area (TPSA) is 9.86 Å². The molecule has 0 fully saturated rings. The number of benzene rings is 13. The summed E-state index contributed by atoms with van der Waals surface area (Å²) in [5.74, 6) is 0. The Hall–Kier alpha value is -10.5. The highest BCUT2D eigenvalue weighted by Crippen LogP contribution is 2.59. The molecule has 2 aromatic heterocycles. The molecule has 2 heteroatoms. The number of fused-ring (bicyclic) bond motifs is 15. The minimum Gasteiger partial charge on any atom is -0.309 e. The molecule has 1 spiro atoms. The van der Waals surface area contributed by atoms with Gasteiger partial charge in [-0.05, 0) is 162 Å². The second kappa shape index (κ2) is 18.8. The van der Waals surface area contributed by atoms with Crippen LogP contribution in [0.1, 0.15) is 50.9 Å². The first-order valence-corrected chi connectivity index (χ1v) is 29.1. The second-order valence-electron chi connectivity index (χ2n) is 22.7. The van der Waals surface area contributed by atoms with Crippen molar-refractivity contribution in [1.82, 2.24) is 9.13 Å². The van der Waals surface area contributed by atoms with E-state index in [1.54, 1.807) is 0 Å². The van der Waals surface area contributed by atoms with Gasteiger partial charge in [-0.3, -0.25) is 0 Å².